The Morgan fingerprint density at radius 3 is 2.36 bits per heavy atom. The summed E-state index contributed by atoms with van der Waals surface area (Å²) >= 11 is 0. The number of rotatable bonds is 4. The second-order valence-electron chi connectivity index (χ2n) is 12.2. The maximum absolute atomic E-state index is 15.1. The van der Waals surface area contributed by atoms with Crippen molar-refractivity contribution in [2.24, 2.45) is 5.92 Å². The summed E-state index contributed by atoms with van der Waals surface area (Å²) in [7, 11) is 0. The molecule has 0 aromatic heterocycles. The number of hydrogen-bond acceptors (Lipinski definition) is 6. The van der Waals surface area contributed by atoms with Gasteiger partial charge in [-0.1, -0.05) is 65.7 Å². The van der Waals surface area contributed by atoms with Gasteiger partial charge in [-0.3, -0.25) is 14.4 Å². The molecule has 0 aliphatic carbocycles. The third kappa shape index (κ3) is 3.52. The number of amides is 1. The van der Waals surface area contributed by atoms with Gasteiger partial charge < -0.3 is 19.7 Å². The van der Waals surface area contributed by atoms with Gasteiger partial charge in [0.15, 0.2) is 23.1 Å². The van der Waals surface area contributed by atoms with Gasteiger partial charge in [0.1, 0.15) is 11.5 Å². The minimum atomic E-state index is -1.38. The fraction of sp³-hybridized carbons (Fsp3) is 0.216. The lowest BCUT2D eigenvalue weighted by Gasteiger charge is -2.39. The van der Waals surface area contributed by atoms with Crippen LogP contribution in [0.2, 0.25) is 0 Å². The van der Waals surface area contributed by atoms with E-state index in [4.69, 9.17) is 9.47 Å². The highest BCUT2D eigenvalue weighted by molar-refractivity contribution is 6.18. The molecule has 1 amide bonds. The first-order valence-corrected chi connectivity index (χ1v) is 14.8. The van der Waals surface area contributed by atoms with E-state index in [9.17, 15) is 9.59 Å². The third-order valence-electron chi connectivity index (χ3n) is 9.68. The maximum atomic E-state index is 15.1. The first-order valence-electron chi connectivity index (χ1n) is 14.8. The maximum Gasteiger partial charge on any atom is 0.238 e. The summed E-state index contributed by atoms with van der Waals surface area (Å²) in [6.45, 7) is 6.11. The molecule has 44 heavy (non-hydrogen) atoms. The predicted octanol–water partition coefficient (Wildman–Crippen LogP) is 6.28. The molecule has 7 nitrogen and oxygen atoms in total. The Kier molecular flexibility index (Phi) is 5.66. The number of para-hydroxylation sites is 1. The number of fused-ring (bicyclic) bond motifs is 7. The van der Waals surface area contributed by atoms with Crippen molar-refractivity contribution in [3.8, 4) is 11.5 Å². The highest BCUT2D eigenvalue weighted by atomic mass is 16.7. The third-order valence-corrected chi connectivity index (χ3v) is 9.68. The average Bonchev–Trinajstić information content (AvgIpc) is 3.70. The number of anilines is 2. The molecule has 0 saturated carbocycles. The summed E-state index contributed by atoms with van der Waals surface area (Å²) in [5, 5.41) is 3.09. The van der Waals surface area contributed by atoms with Crippen molar-refractivity contribution in [2.75, 3.05) is 17.0 Å². The number of carbonyl (C=O) groups excluding carboxylic acids is 3. The zero-order chi connectivity index (χ0) is 30.3. The number of ketones is 2. The number of Topliss-reactive ketones (excluding diaryl/α,β-unsaturated/α-hetero) is 2. The normalized spacial score (nSPS) is 24.0. The molecule has 1 fully saturated rings. The van der Waals surface area contributed by atoms with Crippen molar-refractivity contribution in [1.82, 2.24) is 0 Å². The van der Waals surface area contributed by atoms with Gasteiger partial charge in [-0.15, -0.1) is 0 Å². The summed E-state index contributed by atoms with van der Waals surface area (Å²) in [6, 6.07) is 24.6. The highest BCUT2D eigenvalue weighted by Gasteiger charge is 2.70. The van der Waals surface area contributed by atoms with Gasteiger partial charge in [0.2, 0.25) is 12.7 Å². The smallest absolute Gasteiger partial charge is 0.238 e. The zero-order valence-corrected chi connectivity index (χ0v) is 24.6. The Morgan fingerprint density at radius 2 is 1.55 bits per heavy atom. The standard InChI is InChI=1S/C37H30N2O5/c1-20-8-11-23(12-9-20)35(41)33-32(34(40)24-13-15-29-30(18-24)44-19-43-29)37(26-6-4-5-7-27(26)38-36(37)42)31-17-22(3)25-16-21(2)10-14-28(25)39(31)33/h4-18,31-33H,19H2,1-3H3,(H,38,42)/t31-,32+,33-,37-/m0/s1. The molecule has 7 heteroatoms. The van der Waals surface area contributed by atoms with Crippen LogP contribution in [-0.4, -0.2) is 36.4 Å². The highest BCUT2D eigenvalue weighted by Crippen LogP contribution is 2.59. The van der Waals surface area contributed by atoms with E-state index in [-0.39, 0.29) is 24.3 Å². The van der Waals surface area contributed by atoms with E-state index in [0.717, 1.165) is 33.5 Å². The SMILES string of the molecule is CC1=C[C@@H]2N(c3ccc(C)cc31)[C@H](C(=O)c1ccc(C)cc1)[C@H](C(=O)c1ccc3c(c1)OCO3)[C@@]21C(=O)Nc2ccccc21. The molecule has 4 aromatic rings. The lowest BCUT2D eigenvalue weighted by atomic mass is 9.64. The van der Waals surface area contributed by atoms with Crippen LogP contribution in [0.15, 0.2) is 91.0 Å². The van der Waals surface area contributed by atoms with Crippen LogP contribution in [0.3, 0.4) is 0 Å². The number of benzene rings is 4. The van der Waals surface area contributed by atoms with Gasteiger partial charge >= 0.3 is 0 Å². The van der Waals surface area contributed by atoms with E-state index in [2.05, 4.69) is 17.5 Å². The topological polar surface area (TPSA) is 84.9 Å². The number of nitrogens with one attached hydrogen (secondary N) is 1. The Morgan fingerprint density at radius 1 is 0.818 bits per heavy atom. The first-order chi connectivity index (χ1) is 21.3. The van der Waals surface area contributed by atoms with Crippen LogP contribution in [0.1, 0.15) is 49.9 Å². The van der Waals surface area contributed by atoms with Crippen LogP contribution >= 0.6 is 0 Å². The molecule has 8 rings (SSSR count). The molecule has 1 N–H and O–H groups in total. The Balaban J connectivity index is 1.43. The van der Waals surface area contributed by atoms with Gasteiger partial charge in [-0.2, -0.15) is 0 Å². The number of aryl methyl sites for hydroxylation is 2. The average molecular weight is 583 g/mol. The van der Waals surface area contributed by atoms with Crippen LogP contribution in [0, 0.1) is 19.8 Å². The van der Waals surface area contributed by atoms with Crippen molar-refractivity contribution >= 4 is 34.4 Å². The van der Waals surface area contributed by atoms with Gasteiger partial charge in [-0.05, 0) is 68.3 Å². The van der Waals surface area contributed by atoms with Gasteiger partial charge in [-0.25, -0.2) is 0 Å². The van der Waals surface area contributed by atoms with Crippen LogP contribution in [-0.2, 0) is 10.2 Å². The molecule has 4 aromatic carbocycles. The summed E-state index contributed by atoms with van der Waals surface area (Å²) in [4.78, 5) is 46.6. The number of allylic oxidation sites excluding steroid dienone is 1. The molecular weight excluding hydrogens is 552 g/mol. The van der Waals surface area contributed by atoms with Crippen LogP contribution in [0.4, 0.5) is 11.4 Å². The zero-order valence-electron chi connectivity index (χ0n) is 24.6. The van der Waals surface area contributed by atoms with Crippen LogP contribution in [0.25, 0.3) is 5.57 Å². The molecule has 1 spiro atoms. The van der Waals surface area contributed by atoms with E-state index in [1.807, 2.05) is 86.3 Å². The second-order valence-corrected chi connectivity index (χ2v) is 12.2. The van der Waals surface area contributed by atoms with Crippen molar-refractivity contribution in [3.05, 3.63) is 124 Å². The van der Waals surface area contributed by atoms with Gasteiger partial charge in [0, 0.05) is 28.1 Å². The molecule has 218 valence electrons. The van der Waals surface area contributed by atoms with E-state index in [1.165, 1.54) is 0 Å². The minimum absolute atomic E-state index is 0.0702. The minimum Gasteiger partial charge on any atom is -0.454 e. The monoisotopic (exact) mass is 582 g/mol. The molecule has 0 bridgehead atoms. The van der Waals surface area contributed by atoms with Gasteiger partial charge in [0.25, 0.3) is 0 Å². The Labute approximate surface area is 255 Å². The summed E-state index contributed by atoms with van der Waals surface area (Å²) in [5.41, 5.74) is 5.79. The van der Waals surface area contributed by atoms with Crippen molar-refractivity contribution < 1.29 is 23.9 Å². The Hall–Kier alpha value is -5.17. The van der Waals surface area contributed by atoms with E-state index in [1.54, 1.807) is 18.2 Å². The number of hydrogen-bond donors (Lipinski definition) is 1. The predicted molar refractivity (Wildman–Crippen MR) is 168 cm³/mol. The largest absolute Gasteiger partial charge is 0.454 e. The van der Waals surface area contributed by atoms with Gasteiger partial charge in [0.05, 0.1) is 12.0 Å². The summed E-state index contributed by atoms with van der Waals surface area (Å²) < 4.78 is 11.1. The lowest BCUT2D eigenvalue weighted by molar-refractivity contribution is -0.121. The fourth-order valence-electron chi connectivity index (χ4n) is 7.66. The van der Waals surface area contributed by atoms with E-state index in [0.29, 0.717) is 28.3 Å². The van der Waals surface area contributed by atoms with E-state index >= 15 is 4.79 Å². The first kappa shape index (κ1) is 26.5. The van der Waals surface area contributed by atoms with Crippen LogP contribution in [0.5, 0.6) is 11.5 Å². The molecule has 0 unspecified atom stereocenters. The lowest BCUT2D eigenvalue weighted by Crippen LogP contribution is -2.51. The second kappa shape index (κ2) is 9.41. The number of nitrogens with zero attached hydrogens (tertiary/aromatic N) is 1. The molecule has 1 saturated heterocycles. The Bertz CT molecular complexity index is 1940. The van der Waals surface area contributed by atoms with Crippen molar-refractivity contribution in [2.45, 2.75) is 38.3 Å². The van der Waals surface area contributed by atoms with Crippen molar-refractivity contribution in [1.29, 1.82) is 0 Å². The molecule has 4 atom stereocenters. The molecule has 0 radical (unpaired) electrons. The van der Waals surface area contributed by atoms with E-state index < -0.39 is 23.4 Å². The van der Waals surface area contributed by atoms with Crippen LogP contribution < -0.4 is 19.7 Å². The molecular formula is C37H30N2O5. The molecule has 4 aliphatic rings. The number of carbonyl (C=O) groups is 3. The van der Waals surface area contributed by atoms with Crippen molar-refractivity contribution in [3.63, 3.8) is 0 Å². The molecule has 4 aliphatic heterocycles. The number of ether oxygens (including phenoxy) is 2. The summed E-state index contributed by atoms with van der Waals surface area (Å²) in [5.74, 6) is -0.820. The fourth-order valence-corrected chi connectivity index (χ4v) is 7.66. The summed E-state index contributed by atoms with van der Waals surface area (Å²) in [6.07, 6.45) is 2.08. The molecule has 4 heterocycles. The quantitative estimate of drug-likeness (QED) is 0.285.